The Hall–Kier alpha value is -2.42. The molecule has 1 amide bonds. The van der Waals surface area contributed by atoms with Gasteiger partial charge in [0.25, 0.3) is 5.91 Å². The zero-order valence-corrected chi connectivity index (χ0v) is 14.3. The fourth-order valence-corrected chi connectivity index (χ4v) is 2.26. The molecule has 1 N–H and O–H groups in total. The molecule has 0 heterocycles. The van der Waals surface area contributed by atoms with E-state index in [0.717, 1.165) is 17.7 Å². The van der Waals surface area contributed by atoms with E-state index in [1.807, 2.05) is 43.3 Å². The maximum Gasteiger partial charge on any atom is 0.271 e. The maximum absolute atomic E-state index is 12.1. The molecule has 0 radical (unpaired) electrons. The van der Waals surface area contributed by atoms with Gasteiger partial charge in [0.05, 0.1) is 5.71 Å². The molecule has 0 fully saturated rings. The first-order valence-corrected chi connectivity index (χ1v) is 8.05. The van der Waals surface area contributed by atoms with Gasteiger partial charge in [-0.2, -0.15) is 5.10 Å². The van der Waals surface area contributed by atoms with Crippen LogP contribution in [0.5, 0.6) is 0 Å². The second-order valence-corrected chi connectivity index (χ2v) is 5.97. The van der Waals surface area contributed by atoms with Gasteiger partial charge in [0.1, 0.15) is 0 Å². The SMILES string of the molecule is CCc1ccc(C(C)=NNC(=O)c2ccc(C(C)C)cc2)cc1. The number of hydrogen-bond donors (Lipinski definition) is 1. The van der Waals surface area contributed by atoms with Gasteiger partial charge in [0, 0.05) is 5.56 Å². The van der Waals surface area contributed by atoms with Gasteiger partial charge in [0.2, 0.25) is 0 Å². The van der Waals surface area contributed by atoms with E-state index in [4.69, 9.17) is 0 Å². The maximum atomic E-state index is 12.1. The van der Waals surface area contributed by atoms with Gasteiger partial charge in [-0.05, 0) is 48.1 Å². The van der Waals surface area contributed by atoms with Crippen LogP contribution < -0.4 is 5.43 Å². The third kappa shape index (κ3) is 4.52. The zero-order valence-electron chi connectivity index (χ0n) is 14.3. The lowest BCUT2D eigenvalue weighted by Crippen LogP contribution is -2.19. The second-order valence-electron chi connectivity index (χ2n) is 5.97. The van der Waals surface area contributed by atoms with Crippen LogP contribution >= 0.6 is 0 Å². The summed E-state index contributed by atoms with van der Waals surface area (Å²) in [6.07, 6.45) is 1.01. The topological polar surface area (TPSA) is 41.5 Å². The third-order valence-corrected chi connectivity index (χ3v) is 3.94. The molecule has 0 aliphatic carbocycles. The van der Waals surface area contributed by atoms with Gasteiger partial charge < -0.3 is 0 Å². The van der Waals surface area contributed by atoms with E-state index in [1.54, 1.807) is 0 Å². The van der Waals surface area contributed by atoms with Crippen LogP contribution in [0.3, 0.4) is 0 Å². The van der Waals surface area contributed by atoms with Crippen molar-refractivity contribution in [3.63, 3.8) is 0 Å². The van der Waals surface area contributed by atoms with Gasteiger partial charge in [-0.1, -0.05) is 57.2 Å². The largest absolute Gasteiger partial charge is 0.271 e. The highest BCUT2D eigenvalue weighted by Gasteiger charge is 2.06. The fourth-order valence-electron chi connectivity index (χ4n) is 2.26. The molecule has 2 aromatic carbocycles. The van der Waals surface area contributed by atoms with E-state index in [1.165, 1.54) is 11.1 Å². The number of carbonyl (C=O) groups excluding carboxylic acids is 1. The number of hydrazone groups is 1. The van der Waals surface area contributed by atoms with Crippen LogP contribution in [0.15, 0.2) is 53.6 Å². The molecule has 120 valence electrons. The van der Waals surface area contributed by atoms with Crippen molar-refractivity contribution in [3.05, 3.63) is 70.8 Å². The van der Waals surface area contributed by atoms with Crippen molar-refractivity contribution in [2.75, 3.05) is 0 Å². The highest BCUT2D eigenvalue weighted by molar-refractivity contribution is 6.00. The molecular formula is C20H24N2O. The van der Waals surface area contributed by atoms with Crippen molar-refractivity contribution >= 4 is 11.6 Å². The van der Waals surface area contributed by atoms with Gasteiger partial charge in [-0.3, -0.25) is 4.79 Å². The number of nitrogens with zero attached hydrogens (tertiary/aromatic N) is 1. The molecule has 0 spiro atoms. The lowest BCUT2D eigenvalue weighted by molar-refractivity contribution is 0.0955. The standard InChI is InChI=1S/C20H24N2O/c1-5-16-6-8-18(9-7-16)15(4)21-22-20(23)19-12-10-17(11-13-19)14(2)3/h6-14H,5H2,1-4H3,(H,22,23). The molecule has 0 aliphatic heterocycles. The third-order valence-electron chi connectivity index (χ3n) is 3.94. The zero-order chi connectivity index (χ0) is 16.8. The van der Waals surface area contributed by atoms with Crippen molar-refractivity contribution < 1.29 is 4.79 Å². The van der Waals surface area contributed by atoms with Crippen LogP contribution in [0.4, 0.5) is 0 Å². The molecule has 0 saturated heterocycles. The summed E-state index contributed by atoms with van der Waals surface area (Å²) in [5.74, 6) is 0.267. The minimum atomic E-state index is -0.190. The molecule has 0 saturated carbocycles. The van der Waals surface area contributed by atoms with E-state index in [-0.39, 0.29) is 5.91 Å². The van der Waals surface area contributed by atoms with Crippen LogP contribution in [0.1, 0.15) is 60.7 Å². The van der Waals surface area contributed by atoms with Gasteiger partial charge >= 0.3 is 0 Å². The molecular weight excluding hydrogens is 284 g/mol. The van der Waals surface area contributed by atoms with Crippen LogP contribution in [0.2, 0.25) is 0 Å². The Morgan fingerprint density at radius 2 is 1.57 bits per heavy atom. The first-order chi connectivity index (χ1) is 11.0. The minimum Gasteiger partial charge on any atom is -0.267 e. The Balaban J connectivity index is 2.04. The number of carbonyl (C=O) groups is 1. The number of benzene rings is 2. The average molecular weight is 308 g/mol. The summed E-state index contributed by atoms with van der Waals surface area (Å²) in [4.78, 5) is 12.1. The van der Waals surface area contributed by atoms with Crippen molar-refractivity contribution in [2.24, 2.45) is 5.10 Å². The number of amides is 1. The predicted octanol–water partition coefficient (Wildman–Crippen LogP) is 4.53. The quantitative estimate of drug-likeness (QED) is 0.640. The molecule has 2 rings (SSSR count). The molecule has 0 aromatic heterocycles. The summed E-state index contributed by atoms with van der Waals surface area (Å²) in [6.45, 7) is 8.28. The van der Waals surface area contributed by atoms with Crippen LogP contribution in [0, 0.1) is 0 Å². The van der Waals surface area contributed by atoms with Crippen LogP contribution in [-0.4, -0.2) is 11.6 Å². The van der Waals surface area contributed by atoms with E-state index in [9.17, 15) is 4.79 Å². The molecule has 23 heavy (non-hydrogen) atoms. The molecule has 0 aliphatic rings. The lowest BCUT2D eigenvalue weighted by atomic mass is 10.0. The number of hydrogen-bond acceptors (Lipinski definition) is 2. The number of nitrogens with one attached hydrogen (secondary N) is 1. The molecule has 2 aromatic rings. The molecule has 3 nitrogen and oxygen atoms in total. The predicted molar refractivity (Wildman–Crippen MR) is 96.0 cm³/mol. The monoisotopic (exact) mass is 308 g/mol. The normalized spacial score (nSPS) is 11.6. The van der Waals surface area contributed by atoms with Gasteiger partial charge in [-0.15, -0.1) is 0 Å². The number of aryl methyl sites for hydroxylation is 1. The Morgan fingerprint density at radius 1 is 1.00 bits per heavy atom. The van der Waals surface area contributed by atoms with E-state index >= 15 is 0 Å². The van der Waals surface area contributed by atoms with Gasteiger partial charge in [-0.25, -0.2) is 5.43 Å². The van der Waals surface area contributed by atoms with Crippen LogP contribution in [-0.2, 0) is 6.42 Å². The summed E-state index contributed by atoms with van der Waals surface area (Å²) < 4.78 is 0. The summed E-state index contributed by atoms with van der Waals surface area (Å²) in [5.41, 5.74) is 7.55. The van der Waals surface area contributed by atoms with Crippen molar-refractivity contribution in [3.8, 4) is 0 Å². The Labute approximate surface area is 138 Å². The highest BCUT2D eigenvalue weighted by Crippen LogP contribution is 2.14. The summed E-state index contributed by atoms with van der Waals surface area (Å²) in [6, 6.07) is 15.9. The molecule has 0 unspecified atom stereocenters. The van der Waals surface area contributed by atoms with E-state index in [2.05, 4.69) is 43.4 Å². The first kappa shape index (κ1) is 16.9. The first-order valence-electron chi connectivity index (χ1n) is 8.05. The van der Waals surface area contributed by atoms with Crippen molar-refractivity contribution in [2.45, 2.75) is 40.0 Å². The smallest absolute Gasteiger partial charge is 0.267 e. The number of rotatable bonds is 5. The Kier molecular flexibility index (Phi) is 5.69. The van der Waals surface area contributed by atoms with E-state index < -0.39 is 0 Å². The van der Waals surface area contributed by atoms with Gasteiger partial charge in [0.15, 0.2) is 0 Å². The Bertz CT molecular complexity index is 683. The fraction of sp³-hybridized carbons (Fsp3) is 0.300. The van der Waals surface area contributed by atoms with Crippen molar-refractivity contribution in [1.29, 1.82) is 0 Å². The molecule has 3 heteroatoms. The molecule has 0 bridgehead atoms. The van der Waals surface area contributed by atoms with E-state index in [0.29, 0.717) is 11.5 Å². The van der Waals surface area contributed by atoms with Crippen LogP contribution in [0.25, 0.3) is 0 Å². The van der Waals surface area contributed by atoms with Crippen molar-refractivity contribution in [1.82, 2.24) is 5.43 Å². The summed E-state index contributed by atoms with van der Waals surface area (Å²) in [7, 11) is 0. The second kappa shape index (κ2) is 7.73. The lowest BCUT2D eigenvalue weighted by Gasteiger charge is -2.07. The summed E-state index contributed by atoms with van der Waals surface area (Å²) in [5, 5.41) is 4.20. The highest BCUT2D eigenvalue weighted by atomic mass is 16.2. The average Bonchev–Trinajstić information content (AvgIpc) is 2.59. The Morgan fingerprint density at radius 3 is 2.09 bits per heavy atom. The molecule has 0 atom stereocenters. The summed E-state index contributed by atoms with van der Waals surface area (Å²) >= 11 is 0. The minimum absolute atomic E-state index is 0.190.